The number of carboxylic acids is 1. The second-order valence-corrected chi connectivity index (χ2v) is 4.27. The van der Waals surface area contributed by atoms with Gasteiger partial charge in [-0.05, 0) is 11.4 Å². The van der Waals surface area contributed by atoms with Crippen LogP contribution in [0.1, 0.15) is 16.1 Å². The molecule has 1 heterocycles. The molecule has 0 spiro atoms. The lowest BCUT2D eigenvalue weighted by Gasteiger charge is -1.94. The summed E-state index contributed by atoms with van der Waals surface area (Å²) in [7, 11) is 0. The van der Waals surface area contributed by atoms with E-state index >= 15 is 0 Å². The normalized spacial score (nSPS) is 9.14. The van der Waals surface area contributed by atoms with Gasteiger partial charge < -0.3 is 5.11 Å². The predicted molar refractivity (Wildman–Crippen MR) is 60.6 cm³/mol. The largest absolute Gasteiger partial charge is 0.481 e. The highest BCUT2D eigenvalue weighted by Gasteiger charge is 2.07. The van der Waals surface area contributed by atoms with E-state index in [-0.39, 0.29) is 23.9 Å². The Hall–Kier alpha value is -0.520. The van der Waals surface area contributed by atoms with Gasteiger partial charge in [0.05, 0.1) is 11.3 Å². The van der Waals surface area contributed by atoms with E-state index in [0.717, 1.165) is 11.8 Å². The summed E-state index contributed by atoms with van der Waals surface area (Å²) in [5, 5.41) is 10.1. The molecule has 0 bridgehead atoms. The Kier molecular flexibility index (Phi) is 6.61. The van der Waals surface area contributed by atoms with E-state index < -0.39 is 5.97 Å². The monoisotopic (exact) mass is 252 g/mol. The molecule has 0 fully saturated rings. The number of halogens is 1. The molecule has 0 radical (unpaired) electrons. The lowest BCUT2D eigenvalue weighted by molar-refractivity contribution is -0.136. The first kappa shape index (κ1) is 13.5. The highest BCUT2D eigenvalue weighted by molar-refractivity contribution is 8.14. The zero-order chi connectivity index (χ0) is 9.68. The zero-order valence-electron chi connectivity index (χ0n) is 7.13. The van der Waals surface area contributed by atoms with Crippen LogP contribution in [0.3, 0.4) is 0 Å². The lowest BCUT2D eigenvalue weighted by Crippen LogP contribution is -1.98. The standard InChI is InChI=1S/C8H8O3S2.ClH/c9-7(10)3-5-13-8(11)6-2-1-4-12-6;/h1-2,4H,3,5H2,(H,9,10);1H. The molecule has 0 amide bonds. The van der Waals surface area contributed by atoms with Crippen LogP contribution in [-0.4, -0.2) is 21.9 Å². The van der Waals surface area contributed by atoms with E-state index in [0.29, 0.717) is 10.6 Å². The van der Waals surface area contributed by atoms with Gasteiger partial charge in [0.2, 0.25) is 5.12 Å². The van der Waals surface area contributed by atoms with E-state index in [4.69, 9.17) is 5.11 Å². The third kappa shape index (κ3) is 4.64. The molecule has 1 N–H and O–H groups in total. The number of rotatable bonds is 4. The first-order valence-electron chi connectivity index (χ1n) is 3.62. The van der Waals surface area contributed by atoms with Crippen LogP contribution in [0.15, 0.2) is 17.5 Å². The zero-order valence-corrected chi connectivity index (χ0v) is 9.58. The molecule has 14 heavy (non-hydrogen) atoms. The van der Waals surface area contributed by atoms with Crippen molar-refractivity contribution in [2.24, 2.45) is 0 Å². The summed E-state index contributed by atoms with van der Waals surface area (Å²) in [6.45, 7) is 0. The summed E-state index contributed by atoms with van der Waals surface area (Å²) in [6.07, 6.45) is 0.0295. The van der Waals surface area contributed by atoms with Gasteiger partial charge in [-0.15, -0.1) is 23.7 Å². The Morgan fingerprint density at radius 2 is 2.21 bits per heavy atom. The van der Waals surface area contributed by atoms with Crippen molar-refractivity contribution in [1.82, 2.24) is 0 Å². The Bertz CT molecular complexity index is 298. The summed E-state index contributed by atoms with van der Waals surface area (Å²) >= 11 is 2.43. The maximum atomic E-state index is 11.3. The first-order valence-corrected chi connectivity index (χ1v) is 5.49. The number of thioether (sulfide) groups is 1. The fourth-order valence-corrected chi connectivity index (χ4v) is 2.25. The average Bonchev–Trinajstić information content (AvgIpc) is 2.55. The second kappa shape index (κ2) is 6.86. The van der Waals surface area contributed by atoms with Crippen molar-refractivity contribution < 1.29 is 14.7 Å². The van der Waals surface area contributed by atoms with Gasteiger partial charge in [0.1, 0.15) is 0 Å². The van der Waals surface area contributed by atoms with Crippen molar-refractivity contribution in [3.05, 3.63) is 22.4 Å². The average molecular weight is 253 g/mol. The quantitative estimate of drug-likeness (QED) is 0.895. The van der Waals surface area contributed by atoms with Gasteiger partial charge in [-0.25, -0.2) is 0 Å². The number of thiophene rings is 1. The van der Waals surface area contributed by atoms with Crippen molar-refractivity contribution in [3.63, 3.8) is 0 Å². The number of carbonyl (C=O) groups is 2. The summed E-state index contributed by atoms with van der Waals surface area (Å²) < 4.78 is 0. The third-order valence-corrected chi connectivity index (χ3v) is 3.16. The molecule has 78 valence electrons. The van der Waals surface area contributed by atoms with E-state index in [1.807, 2.05) is 5.38 Å². The molecule has 1 rings (SSSR count). The minimum absolute atomic E-state index is 0. The molecule has 3 nitrogen and oxygen atoms in total. The van der Waals surface area contributed by atoms with Crippen molar-refractivity contribution in [2.45, 2.75) is 6.42 Å². The molecule has 0 aromatic carbocycles. The summed E-state index contributed by atoms with van der Waals surface area (Å²) in [4.78, 5) is 22.1. The van der Waals surface area contributed by atoms with Crippen molar-refractivity contribution >= 4 is 46.6 Å². The Morgan fingerprint density at radius 3 is 2.71 bits per heavy atom. The van der Waals surface area contributed by atoms with Gasteiger partial charge in [-0.1, -0.05) is 17.8 Å². The van der Waals surface area contributed by atoms with Crippen LogP contribution in [0, 0.1) is 0 Å². The molecule has 0 atom stereocenters. The SMILES string of the molecule is Cl.O=C(O)CCSC(=O)c1cccs1. The van der Waals surface area contributed by atoms with Gasteiger partial charge in [0.15, 0.2) is 0 Å². The van der Waals surface area contributed by atoms with E-state index in [1.54, 1.807) is 12.1 Å². The van der Waals surface area contributed by atoms with Gasteiger partial charge >= 0.3 is 5.97 Å². The number of hydrogen-bond acceptors (Lipinski definition) is 4. The van der Waals surface area contributed by atoms with Gasteiger partial charge in [0, 0.05) is 5.75 Å². The highest BCUT2D eigenvalue weighted by Crippen LogP contribution is 2.17. The molecule has 0 aliphatic rings. The molecular formula is C8H9ClO3S2. The van der Waals surface area contributed by atoms with Crippen LogP contribution in [-0.2, 0) is 4.79 Å². The minimum atomic E-state index is -0.869. The first-order chi connectivity index (χ1) is 6.20. The third-order valence-electron chi connectivity index (χ3n) is 1.27. The van der Waals surface area contributed by atoms with Crippen molar-refractivity contribution in [3.8, 4) is 0 Å². The van der Waals surface area contributed by atoms with Crippen LogP contribution in [0.4, 0.5) is 0 Å². The van der Waals surface area contributed by atoms with Crippen LogP contribution in [0.2, 0.25) is 0 Å². The van der Waals surface area contributed by atoms with E-state index in [9.17, 15) is 9.59 Å². The lowest BCUT2D eigenvalue weighted by atomic mass is 10.5. The smallest absolute Gasteiger partial charge is 0.304 e. The highest BCUT2D eigenvalue weighted by atomic mass is 35.5. The molecule has 0 unspecified atom stereocenters. The molecule has 1 aromatic heterocycles. The maximum Gasteiger partial charge on any atom is 0.304 e. The topological polar surface area (TPSA) is 54.4 Å². The van der Waals surface area contributed by atoms with Crippen molar-refractivity contribution in [1.29, 1.82) is 0 Å². The fraction of sp³-hybridized carbons (Fsp3) is 0.250. The van der Waals surface area contributed by atoms with Gasteiger partial charge in [-0.3, -0.25) is 9.59 Å². The molecular weight excluding hydrogens is 244 g/mol. The van der Waals surface area contributed by atoms with E-state index in [1.165, 1.54) is 11.3 Å². The van der Waals surface area contributed by atoms with Crippen molar-refractivity contribution in [2.75, 3.05) is 5.75 Å². The van der Waals surface area contributed by atoms with E-state index in [2.05, 4.69) is 0 Å². The molecule has 0 saturated heterocycles. The molecule has 1 aromatic rings. The van der Waals surface area contributed by atoms with Crippen LogP contribution < -0.4 is 0 Å². The Labute approximate surface area is 95.9 Å². The van der Waals surface area contributed by atoms with Gasteiger partial charge in [-0.2, -0.15) is 0 Å². The Balaban J connectivity index is 0.00000169. The Morgan fingerprint density at radius 1 is 1.50 bits per heavy atom. The van der Waals surface area contributed by atoms with Crippen LogP contribution >= 0.6 is 35.5 Å². The number of hydrogen-bond donors (Lipinski definition) is 1. The summed E-state index contributed by atoms with van der Waals surface area (Å²) in [5.74, 6) is -0.530. The maximum absolute atomic E-state index is 11.3. The van der Waals surface area contributed by atoms with Crippen LogP contribution in [0.25, 0.3) is 0 Å². The molecule has 0 aliphatic heterocycles. The summed E-state index contributed by atoms with van der Waals surface area (Å²) in [6, 6.07) is 3.54. The molecule has 0 saturated carbocycles. The molecule has 6 heteroatoms. The number of aliphatic carboxylic acids is 1. The second-order valence-electron chi connectivity index (χ2n) is 2.26. The van der Waals surface area contributed by atoms with Crippen LogP contribution in [0.5, 0.6) is 0 Å². The fourth-order valence-electron chi connectivity index (χ4n) is 0.697. The van der Waals surface area contributed by atoms with Gasteiger partial charge in [0.25, 0.3) is 0 Å². The number of carbonyl (C=O) groups excluding carboxylic acids is 1. The molecule has 0 aliphatic carbocycles. The number of carboxylic acid groups (broad SMARTS) is 1. The predicted octanol–water partition coefficient (Wildman–Crippen LogP) is 2.52. The summed E-state index contributed by atoms with van der Waals surface area (Å²) in [5.41, 5.74) is 0. The minimum Gasteiger partial charge on any atom is -0.481 e.